The maximum Gasteiger partial charge on any atom is 0.343 e. The number of ether oxygens (including phenoxy) is 1. The Hall–Kier alpha value is -0.790. The van der Waals surface area contributed by atoms with Gasteiger partial charge >= 0.3 is 5.69 Å². The van der Waals surface area contributed by atoms with E-state index < -0.39 is 0 Å². The third-order valence-corrected chi connectivity index (χ3v) is 2.86. The van der Waals surface area contributed by atoms with Crippen molar-refractivity contribution in [1.82, 2.24) is 14.8 Å². The van der Waals surface area contributed by atoms with E-state index in [9.17, 15) is 4.79 Å². The fraction of sp³-hybridized carbons (Fsp3) is 0.714. The highest BCUT2D eigenvalue weighted by Crippen LogP contribution is 2.12. The number of nitrogens with two attached hydrogens (primary N) is 1. The van der Waals surface area contributed by atoms with E-state index in [2.05, 4.69) is 10.2 Å². The molecular formula is C7H14N4O2S. The lowest BCUT2D eigenvalue weighted by Gasteiger charge is -2.08. The molecule has 0 bridgehead atoms. The molecular weight excluding hydrogens is 204 g/mol. The Labute approximate surface area is 85.8 Å². The monoisotopic (exact) mass is 218 g/mol. The smallest absolute Gasteiger partial charge is 0.343 e. The Morgan fingerprint density at radius 2 is 2.50 bits per heavy atom. The van der Waals surface area contributed by atoms with Crippen LogP contribution in [0.15, 0.2) is 9.95 Å². The molecule has 6 nitrogen and oxygen atoms in total. The first-order chi connectivity index (χ1) is 6.65. The number of hydrogen-bond donors (Lipinski definition) is 2. The van der Waals surface area contributed by atoms with Crippen LogP contribution in [0.4, 0.5) is 0 Å². The first-order valence-corrected chi connectivity index (χ1v) is 5.12. The van der Waals surface area contributed by atoms with Gasteiger partial charge in [-0.05, 0) is 0 Å². The first-order valence-electron chi connectivity index (χ1n) is 4.14. The average Bonchev–Trinajstić information content (AvgIpc) is 2.46. The third kappa shape index (κ3) is 2.86. The van der Waals surface area contributed by atoms with Crippen molar-refractivity contribution in [1.29, 1.82) is 0 Å². The minimum Gasteiger partial charge on any atom is -0.383 e. The van der Waals surface area contributed by atoms with E-state index in [1.807, 2.05) is 0 Å². The molecule has 0 aliphatic heterocycles. The van der Waals surface area contributed by atoms with Gasteiger partial charge in [0.15, 0.2) is 5.16 Å². The SMILES string of the molecule is COCC(N)CSc1n[nH]c(=O)n1C. The summed E-state index contributed by atoms with van der Waals surface area (Å²) in [6.07, 6.45) is 0. The van der Waals surface area contributed by atoms with Gasteiger partial charge < -0.3 is 10.5 Å². The summed E-state index contributed by atoms with van der Waals surface area (Å²) in [7, 11) is 3.27. The third-order valence-electron chi connectivity index (χ3n) is 1.65. The Balaban J connectivity index is 2.45. The molecule has 0 amide bonds. The van der Waals surface area contributed by atoms with Gasteiger partial charge in [-0.3, -0.25) is 4.57 Å². The topological polar surface area (TPSA) is 85.9 Å². The number of thioether (sulfide) groups is 1. The molecule has 0 spiro atoms. The summed E-state index contributed by atoms with van der Waals surface area (Å²) in [6.45, 7) is 0.505. The summed E-state index contributed by atoms with van der Waals surface area (Å²) in [5.74, 6) is 0.673. The zero-order valence-corrected chi connectivity index (χ0v) is 9.00. The zero-order chi connectivity index (χ0) is 10.6. The van der Waals surface area contributed by atoms with Gasteiger partial charge in [0.05, 0.1) is 6.61 Å². The van der Waals surface area contributed by atoms with Gasteiger partial charge in [0, 0.05) is 26.0 Å². The number of rotatable bonds is 5. The first kappa shape index (κ1) is 11.3. The van der Waals surface area contributed by atoms with E-state index in [0.29, 0.717) is 17.5 Å². The number of methoxy groups -OCH3 is 1. The molecule has 0 aromatic carbocycles. The Morgan fingerprint density at radius 3 is 3.00 bits per heavy atom. The summed E-state index contributed by atoms with van der Waals surface area (Å²) in [4.78, 5) is 11.0. The molecule has 1 heterocycles. The van der Waals surface area contributed by atoms with Gasteiger partial charge in [-0.1, -0.05) is 11.8 Å². The van der Waals surface area contributed by atoms with E-state index >= 15 is 0 Å². The van der Waals surface area contributed by atoms with Gasteiger partial charge in [0.1, 0.15) is 0 Å². The largest absolute Gasteiger partial charge is 0.383 e. The fourth-order valence-corrected chi connectivity index (χ4v) is 1.75. The molecule has 3 N–H and O–H groups in total. The molecule has 14 heavy (non-hydrogen) atoms. The number of nitrogens with zero attached hydrogens (tertiary/aromatic N) is 2. The Bertz CT molecular complexity index is 335. The fourth-order valence-electron chi connectivity index (χ4n) is 0.905. The summed E-state index contributed by atoms with van der Waals surface area (Å²) in [6, 6.07) is -0.0446. The highest BCUT2D eigenvalue weighted by molar-refractivity contribution is 7.99. The number of nitrogens with one attached hydrogen (secondary N) is 1. The van der Waals surface area contributed by atoms with Crippen molar-refractivity contribution in [2.45, 2.75) is 11.2 Å². The van der Waals surface area contributed by atoms with Crippen LogP contribution >= 0.6 is 11.8 Å². The molecule has 0 aliphatic rings. The van der Waals surface area contributed by atoms with Crippen molar-refractivity contribution in [2.24, 2.45) is 12.8 Å². The van der Waals surface area contributed by atoms with E-state index in [0.717, 1.165) is 0 Å². The van der Waals surface area contributed by atoms with Crippen LogP contribution in [0.5, 0.6) is 0 Å². The van der Waals surface area contributed by atoms with Gasteiger partial charge in [-0.2, -0.15) is 0 Å². The Kier molecular flexibility index (Phi) is 4.18. The van der Waals surface area contributed by atoms with Crippen molar-refractivity contribution >= 4 is 11.8 Å². The molecule has 80 valence electrons. The van der Waals surface area contributed by atoms with Crippen LogP contribution in [0.2, 0.25) is 0 Å². The lowest BCUT2D eigenvalue weighted by Crippen LogP contribution is -2.28. The van der Waals surface area contributed by atoms with Crippen molar-refractivity contribution in [3.05, 3.63) is 10.5 Å². The van der Waals surface area contributed by atoms with Crippen LogP contribution in [-0.4, -0.2) is 40.3 Å². The Morgan fingerprint density at radius 1 is 1.79 bits per heavy atom. The second-order valence-corrected chi connectivity index (χ2v) is 3.88. The van der Waals surface area contributed by atoms with E-state index in [1.54, 1.807) is 14.2 Å². The second-order valence-electron chi connectivity index (χ2n) is 2.90. The lowest BCUT2D eigenvalue weighted by molar-refractivity contribution is 0.186. The predicted molar refractivity (Wildman–Crippen MR) is 54.4 cm³/mol. The summed E-state index contributed by atoms with van der Waals surface area (Å²) >= 11 is 1.43. The molecule has 0 fully saturated rings. The number of hydrogen-bond acceptors (Lipinski definition) is 5. The van der Waals surface area contributed by atoms with E-state index in [1.165, 1.54) is 16.3 Å². The average molecular weight is 218 g/mol. The molecule has 0 saturated carbocycles. The van der Waals surface area contributed by atoms with Crippen LogP contribution in [-0.2, 0) is 11.8 Å². The van der Waals surface area contributed by atoms with Crippen molar-refractivity contribution < 1.29 is 4.74 Å². The zero-order valence-electron chi connectivity index (χ0n) is 8.19. The maximum atomic E-state index is 11.0. The van der Waals surface area contributed by atoms with Crippen LogP contribution in [0.25, 0.3) is 0 Å². The van der Waals surface area contributed by atoms with Crippen LogP contribution in [0, 0.1) is 0 Å². The van der Waals surface area contributed by atoms with Crippen LogP contribution in [0.3, 0.4) is 0 Å². The highest BCUT2D eigenvalue weighted by atomic mass is 32.2. The van der Waals surface area contributed by atoms with Crippen LogP contribution in [0.1, 0.15) is 0 Å². The highest BCUT2D eigenvalue weighted by Gasteiger charge is 2.07. The molecule has 1 unspecified atom stereocenters. The normalized spacial score (nSPS) is 13.1. The van der Waals surface area contributed by atoms with E-state index in [-0.39, 0.29) is 11.7 Å². The lowest BCUT2D eigenvalue weighted by atomic mass is 10.4. The summed E-state index contributed by atoms with van der Waals surface area (Å²) in [5, 5.41) is 6.84. The van der Waals surface area contributed by atoms with Crippen molar-refractivity contribution in [3.8, 4) is 0 Å². The molecule has 1 rings (SSSR count). The summed E-state index contributed by atoms with van der Waals surface area (Å²) in [5.41, 5.74) is 5.50. The van der Waals surface area contributed by atoms with Gasteiger partial charge in [0.25, 0.3) is 0 Å². The summed E-state index contributed by atoms with van der Waals surface area (Å²) < 4.78 is 6.34. The van der Waals surface area contributed by atoms with Crippen LogP contribution < -0.4 is 11.4 Å². The van der Waals surface area contributed by atoms with Gasteiger partial charge in [-0.25, -0.2) is 9.89 Å². The minimum atomic E-state index is -0.215. The van der Waals surface area contributed by atoms with Gasteiger partial charge in [-0.15, -0.1) is 5.10 Å². The quantitative estimate of drug-likeness (QED) is 0.630. The minimum absolute atomic E-state index is 0.0446. The number of aromatic amines is 1. The molecule has 1 atom stereocenters. The maximum absolute atomic E-state index is 11.0. The van der Waals surface area contributed by atoms with Crippen molar-refractivity contribution in [3.63, 3.8) is 0 Å². The standard InChI is InChI=1S/C7H14N4O2S/c1-11-6(12)9-10-7(11)14-4-5(8)3-13-2/h5H,3-4,8H2,1-2H3,(H,9,12). The molecule has 7 heteroatoms. The number of H-pyrrole nitrogens is 1. The number of aromatic nitrogens is 3. The molecule has 0 radical (unpaired) electrons. The predicted octanol–water partition coefficient (Wildman–Crippen LogP) is -0.826. The molecule has 1 aromatic heterocycles. The van der Waals surface area contributed by atoms with E-state index in [4.69, 9.17) is 10.5 Å². The second kappa shape index (κ2) is 5.18. The molecule has 1 aromatic rings. The van der Waals surface area contributed by atoms with Crippen molar-refractivity contribution in [2.75, 3.05) is 19.5 Å². The van der Waals surface area contributed by atoms with Gasteiger partial charge in [0.2, 0.25) is 0 Å². The molecule has 0 aliphatic carbocycles. The molecule has 0 saturated heterocycles.